The third-order valence-electron chi connectivity index (χ3n) is 3.02. The van der Waals surface area contributed by atoms with Crippen molar-refractivity contribution in [1.82, 2.24) is 4.98 Å². The van der Waals surface area contributed by atoms with Gasteiger partial charge in [0.1, 0.15) is 5.82 Å². The first-order chi connectivity index (χ1) is 9.11. The molecule has 0 aliphatic rings. The lowest BCUT2D eigenvalue weighted by Gasteiger charge is -2.18. The molecule has 0 fully saturated rings. The molecule has 0 amide bonds. The SMILES string of the molecule is CC(N)c1ccc(N(C)c2ccc(C#N)cc2)nc1. The minimum atomic E-state index is -0.0123. The Morgan fingerprint density at radius 2 is 1.89 bits per heavy atom. The van der Waals surface area contributed by atoms with Gasteiger partial charge in [0.2, 0.25) is 0 Å². The zero-order chi connectivity index (χ0) is 13.8. The molecule has 2 N–H and O–H groups in total. The van der Waals surface area contributed by atoms with Crippen LogP contribution in [0.4, 0.5) is 11.5 Å². The van der Waals surface area contributed by atoms with Crippen LogP contribution in [-0.2, 0) is 0 Å². The largest absolute Gasteiger partial charge is 0.329 e. The van der Waals surface area contributed by atoms with Crippen molar-refractivity contribution in [3.8, 4) is 6.07 Å². The van der Waals surface area contributed by atoms with E-state index < -0.39 is 0 Å². The van der Waals surface area contributed by atoms with Gasteiger partial charge in [-0.05, 0) is 42.8 Å². The molecular weight excluding hydrogens is 236 g/mol. The predicted molar refractivity (Wildman–Crippen MR) is 76.1 cm³/mol. The van der Waals surface area contributed by atoms with Crippen molar-refractivity contribution in [2.45, 2.75) is 13.0 Å². The normalized spacial score (nSPS) is 11.7. The van der Waals surface area contributed by atoms with E-state index in [1.165, 1.54) is 0 Å². The summed E-state index contributed by atoms with van der Waals surface area (Å²) in [5.41, 5.74) is 8.45. The summed E-state index contributed by atoms with van der Waals surface area (Å²) in [7, 11) is 1.94. The van der Waals surface area contributed by atoms with Gasteiger partial charge in [-0.2, -0.15) is 5.26 Å². The van der Waals surface area contributed by atoms with Crippen molar-refractivity contribution in [2.75, 3.05) is 11.9 Å². The van der Waals surface area contributed by atoms with Crippen molar-refractivity contribution in [1.29, 1.82) is 5.26 Å². The molecule has 1 unspecified atom stereocenters. The van der Waals surface area contributed by atoms with Crippen LogP contribution in [0, 0.1) is 11.3 Å². The van der Waals surface area contributed by atoms with Gasteiger partial charge in [-0.3, -0.25) is 0 Å². The molecule has 0 radical (unpaired) electrons. The standard InChI is InChI=1S/C15H16N4/c1-11(17)13-5-8-15(18-10-13)19(2)14-6-3-12(9-16)4-7-14/h3-8,10-11H,17H2,1-2H3. The average Bonchev–Trinajstić information content (AvgIpc) is 2.46. The Morgan fingerprint density at radius 3 is 2.37 bits per heavy atom. The van der Waals surface area contributed by atoms with Crippen LogP contribution in [-0.4, -0.2) is 12.0 Å². The lowest BCUT2D eigenvalue weighted by atomic mass is 10.1. The molecule has 0 saturated heterocycles. The van der Waals surface area contributed by atoms with E-state index in [-0.39, 0.29) is 6.04 Å². The number of nitriles is 1. The summed E-state index contributed by atoms with van der Waals surface area (Å²) in [5.74, 6) is 0.842. The lowest BCUT2D eigenvalue weighted by Crippen LogP contribution is -2.12. The Balaban J connectivity index is 2.23. The summed E-state index contributed by atoms with van der Waals surface area (Å²) in [5, 5.41) is 8.78. The van der Waals surface area contributed by atoms with E-state index in [0.717, 1.165) is 17.1 Å². The van der Waals surface area contributed by atoms with E-state index in [0.29, 0.717) is 5.56 Å². The van der Waals surface area contributed by atoms with Gasteiger partial charge in [0.15, 0.2) is 0 Å². The topological polar surface area (TPSA) is 65.9 Å². The fourth-order valence-corrected chi connectivity index (χ4v) is 1.76. The number of rotatable bonds is 3. The molecule has 0 aliphatic heterocycles. The summed E-state index contributed by atoms with van der Waals surface area (Å²) < 4.78 is 0. The Kier molecular flexibility index (Phi) is 3.79. The first kappa shape index (κ1) is 13.1. The molecule has 2 rings (SSSR count). The third-order valence-corrected chi connectivity index (χ3v) is 3.02. The minimum Gasteiger partial charge on any atom is -0.329 e. The first-order valence-corrected chi connectivity index (χ1v) is 6.07. The molecular formula is C15H16N4. The van der Waals surface area contributed by atoms with E-state index in [4.69, 9.17) is 11.0 Å². The Hall–Kier alpha value is -2.38. The van der Waals surface area contributed by atoms with Crippen LogP contribution in [0.3, 0.4) is 0 Å². The molecule has 4 heteroatoms. The summed E-state index contributed by atoms with van der Waals surface area (Å²) in [6.45, 7) is 1.93. The second-order valence-corrected chi connectivity index (χ2v) is 4.46. The van der Waals surface area contributed by atoms with Gasteiger partial charge in [0.25, 0.3) is 0 Å². The molecule has 96 valence electrons. The Labute approximate surface area is 113 Å². The van der Waals surface area contributed by atoms with Crippen LogP contribution in [0.15, 0.2) is 42.6 Å². The summed E-state index contributed by atoms with van der Waals surface area (Å²) in [6, 6.07) is 13.4. The van der Waals surface area contributed by atoms with Gasteiger partial charge in [0, 0.05) is 25.0 Å². The van der Waals surface area contributed by atoms with E-state index in [1.54, 1.807) is 18.3 Å². The van der Waals surface area contributed by atoms with Crippen LogP contribution < -0.4 is 10.6 Å². The zero-order valence-electron chi connectivity index (χ0n) is 11.0. The van der Waals surface area contributed by atoms with E-state index >= 15 is 0 Å². The van der Waals surface area contributed by atoms with E-state index in [2.05, 4.69) is 11.1 Å². The molecule has 2 aromatic rings. The highest BCUT2D eigenvalue weighted by molar-refractivity contribution is 5.60. The number of pyridine rings is 1. The third kappa shape index (κ3) is 2.90. The second kappa shape index (κ2) is 5.51. The average molecular weight is 252 g/mol. The van der Waals surface area contributed by atoms with Crippen LogP contribution in [0.25, 0.3) is 0 Å². The highest BCUT2D eigenvalue weighted by Gasteiger charge is 2.06. The molecule has 4 nitrogen and oxygen atoms in total. The van der Waals surface area contributed by atoms with Gasteiger partial charge < -0.3 is 10.6 Å². The van der Waals surface area contributed by atoms with E-state index in [9.17, 15) is 0 Å². The number of aromatic nitrogens is 1. The van der Waals surface area contributed by atoms with Crippen LogP contribution in [0.2, 0.25) is 0 Å². The number of hydrogen-bond donors (Lipinski definition) is 1. The second-order valence-electron chi connectivity index (χ2n) is 4.46. The number of benzene rings is 1. The first-order valence-electron chi connectivity index (χ1n) is 6.07. The van der Waals surface area contributed by atoms with Gasteiger partial charge >= 0.3 is 0 Å². The van der Waals surface area contributed by atoms with Crippen LogP contribution >= 0.6 is 0 Å². The van der Waals surface area contributed by atoms with Crippen LogP contribution in [0.5, 0.6) is 0 Å². The molecule has 1 heterocycles. The number of nitrogens with zero attached hydrogens (tertiary/aromatic N) is 3. The minimum absolute atomic E-state index is 0.0123. The fourth-order valence-electron chi connectivity index (χ4n) is 1.76. The molecule has 0 spiro atoms. The monoisotopic (exact) mass is 252 g/mol. The number of hydrogen-bond acceptors (Lipinski definition) is 4. The summed E-state index contributed by atoms with van der Waals surface area (Å²) in [4.78, 5) is 6.36. The molecule has 1 aromatic heterocycles. The quantitative estimate of drug-likeness (QED) is 0.912. The lowest BCUT2D eigenvalue weighted by molar-refractivity contribution is 0.811. The van der Waals surface area contributed by atoms with Crippen molar-refractivity contribution in [2.24, 2.45) is 5.73 Å². The maximum absolute atomic E-state index is 8.78. The number of nitrogens with two attached hydrogens (primary N) is 1. The number of anilines is 2. The molecule has 1 aromatic carbocycles. The Morgan fingerprint density at radius 1 is 1.21 bits per heavy atom. The van der Waals surface area contributed by atoms with Crippen molar-refractivity contribution >= 4 is 11.5 Å². The van der Waals surface area contributed by atoms with Gasteiger partial charge in [-0.1, -0.05) is 6.07 Å². The highest BCUT2D eigenvalue weighted by Crippen LogP contribution is 2.22. The maximum Gasteiger partial charge on any atom is 0.132 e. The molecule has 0 bridgehead atoms. The van der Waals surface area contributed by atoms with Crippen molar-refractivity contribution < 1.29 is 0 Å². The van der Waals surface area contributed by atoms with Crippen LogP contribution in [0.1, 0.15) is 24.1 Å². The predicted octanol–water partition coefficient (Wildman–Crippen LogP) is 2.74. The highest BCUT2D eigenvalue weighted by atomic mass is 15.2. The molecule has 0 aliphatic carbocycles. The van der Waals surface area contributed by atoms with Gasteiger partial charge in [-0.15, -0.1) is 0 Å². The van der Waals surface area contributed by atoms with Crippen molar-refractivity contribution in [3.05, 3.63) is 53.7 Å². The van der Waals surface area contributed by atoms with Crippen molar-refractivity contribution in [3.63, 3.8) is 0 Å². The fraction of sp³-hybridized carbons (Fsp3) is 0.200. The maximum atomic E-state index is 8.78. The zero-order valence-corrected chi connectivity index (χ0v) is 11.0. The van der Waals surface area contributed by atoms with Gasteiger partial charge in [-0.25, -0.2) is 4.98 Å². The molecule has 19 heavy (non-hydrogen) atoms. The molecule has 1 atom stereocenters. The summed E-state index contributed by atoms with van der Waals surface area (Å²) >= 11 is 0. The molecule has 0 saturated carbocycles. The summed E-state index contributed by atoms with van der Waals surface area (Å²) in [6.07, 6.45) is 1.79. The Bertz CT molecular complexity index is 579. The van der Waals surface area contributed by atoms with E-state index in [1.807, 2.05) is 43.1 Å². The smallest absolute Gasteiger partial charge is 0.132 e. The van der Waals surface area contributed by atoms with Gasteiger partial charge in [0.05, 0.1) is 11.6 Å².